The van der Waals surface area contributed by atoms with Crippen LogP contribution in [0.3, 0.4) is 0 Å². The lowest BCUT2D eigenvalue weighted by Crippen LogP contribution is -1.99. The monoisotopic (exact) mass is 560 g/mol. The van der Waals surface area contributed by atoms with Gasteiger partial charge in [-0.2, -0.15) is 14.9 Å². The molecule has 31 heavy (non-hydrogen) atoms. The predicted octanol–water partition coefficient (Wildman–Crippen LogP) is 6.73. The highest BCUT2D eigenvalue weighted by Crippen LogP contribution is 2.35. The molecule has 0 unspecified atom stereocenters. The Morgan fingerprint density at radius 1 is 1.06 bits per heavy atom. The molecule has 1 N–H and O–H groups in total. The van der Waals surface area contributed by atoms with Gasteiger partial charge in [-0.3, -0.25) is 0 Å². The van der Waals surface area contributed by atoms with Crippen LogP contribution in [-0.2, 0) is 6.61 Å². The van der Waals surface area contributed by atoms with Crippen LogP contribution in [0.5, 0.6) is 5.75 Å². The first-order valence-electron chi connectivity index (χ1n) is 9.15. The summed E-state index contributed by atoms with van der Waals surface area (Å²) in [5.74, 6) is 0.994. The molecule has 0 bridgehead atoms. The van der Waals surface area contributed by atoms with E-state index in [1.165, 1.54) is 12.1 Å². The minimum Gasteiger partial charge on any atom is -0.487 e. The third-order valence-electron chi connectivity index (χ3n) is 4.32. The zero-order valence-electron chi connectivity index (χ0n) is 15.9. The van der Waals surface area contributed by atoms with E-state index < -0.39 is 0 Å². The number of benzene rings is 3. The van der Waals surface area contributed by atoms with E-state index in [1.807, 2.05) is 42.5 Å². The highest BCUT2D eigenvalue weighted by molar-refractivity contribution is 9.11. The Balaban J connectivity index is 1.55. The molecule has 0 spiro atoms. The Bertz CT molecular complexity index is 1260. The van der Waals surface area contributed by atoms with Crippen molar-refractivity contribution in [2.45, 2.75) is 6.61 Å². The molecule has 156 valence electrons. The van der Waals surface area contributed by atoms with Crippen LogP contribution in [-0.4, -0.2) is 21.1 Å². The molecular formula is C22H15Br2FN4OS. The fraction of sp³-hybridized carbons (Fsp3) is 0.0455. The SMILES string of the molecule is Fc1ccc(COc2c(Br)cc(/C=N\n3c(-c4ccccc4)n[nH]c3=S)cc2Br)cc1. The molecule has 5 nitrogen and oxygen atoms in total. The van der Waals surface area contributed by atoms with E-state index >= 15 is 0 Å². The van der Waals surface area contributed by atoms with Crippen LogP contribution in [0, 0.1) is 10.6 Å². The smallest absolute Gasteiger partial charge is 0.216 e. The van der Waals surface area contributed by atoms with Crippen molar-refractivity contribution in [3.8, 4) is 17.1 Å². The third kappa shape index (κ3) is 5.17. The second-order valence-corrected chi connectivity index (χ2v) is 8.60. The summed E-state index contributed by atoms with van der Waals surface area (Å²) in [6.07, 6.45) is 1.69. The van der Waals surface area contributed by atoms with E-state index in [0.29, 0.717) is 23.0 Å². The van der Waals surface area contributed by atoms with Crippen molar-refractivity contribution in [1.29, 1.82) is 0 Å². The standard InChI is InChI=1S/C22H15Br2FN4OS/c23-18-10-15(11-19(24)20(18)30-13-14-6-8-17(25)9-7-14)12-26-29-21(27-28-22(29)31)16-4-2-1-3-5-16/h1-12H,13H2,(H,28,31)/b26-12-. The molecule has 9 heteroatoms. The number of hydrogen-bond acceptors (Lipinski definition) is 4. The number of aromatic nitrogens is 3. The molecule has 0 aliphatic rings. The van der Waals surface area contributed by atoms with E-state index in [-0.39, 0.29) is 5.82 Å². The van der Waals surface area contributed by atoms with Gasteiger partial charge < -0.3 is 4.74 Å². The summed E-state index contributed by atoms with van der Waals surface area (Å²) < 4.78 is 22.4. The Labute approximate surface area is 199 Å². The summed E-state index contributed by atoms with van der Waals surface area (Å²) >= 11 is 12.4. The van der Waals surface area contributed by atoms with Crippen molar-refractivity contribution in [2.75, 3.05) is 0 Å². The van der Waals surface area contributed by atoms with Gasteiger partial charge in [0.15, 0.2) is 5.82 Å². The molecule has 0 aliphatic heterocycles. The highest BCUT2D eigenvalue weighted by atomic mass is 79.9. The van der Waals surface area contributed by atoms with Crippen LogP contribution in [0.25, 0.3) is 11.4 Å². The molecule has 0 saturated carbocycles. The normalized spacial score (nSPS) is 11.2. The maximum absolute atomic E-state index is 13.1. The first-order chi connectivity index (χ1) is 15.0. The molecule has 1 aromatic heterocycles. The molecule has 0 saturated heterocycles. The van der Waals surface area contributed by atoms with E-state index in [1.54, 1.807) is 23.0 Å². The van der Waals surface area contributed by atoms with Gasteiger partial charge in [0.2, 0.25) is 4.77 Å². The largest absolute Gasteiger partial charge is 0.487 e. The van der Waals surface area contributed by atoms with Crippen LogP contribution in [0.15, 0.2) is 80.8 Å². The fourth-order valence-corrected chi connectivity index (χ4v) is 4.46. The van der Waals surface area contributed by atoms with Crippen molar-refractivity contribution >= 4 is 50.3 Å². The molecule has 0 aliphatic carbocycles. The number of aromatic amines is 1. The second-order valence-electron chi connectivity index (χ2n) is 6.50. The van der Waals surface area contributed by atoms with Crippen LogP contribution >= 0.6 is 44.1 Å². The minimum absolute atomic E-state index is 0.275. The minimum atomic E-state index is -0.275. The van der Waals surface area contributed by atoms with Crippen molar-refractivity contribution in [1.82, 2.24) is 14.9 Å². The molecule has 1 heterocycles. The summed E-state index contributed by atoms with van der Waals surface area (Å²) in [7, 11) is 0. The van der Waals surface area contributed by atoms with E-state index in [0.717, 1.165) is 25.6 Å². The van der Waals surface area contributed by atoms with Crippen LogP contribution < -0.4 is 4.74 Å². The van der Waals surface area contributed by atoms with Crippen LogP contribution in [0.1, 0.15) is 11.1 Å². The Morgan fingerprint density at radius 2 is 1.74 bits per heavy atom. The molecular weight excluding hydrogens is 547 g/mol. The molecule has 0 fully saturated rings. The highest BCUT2D eigenvalue weighted by Gasteiger charge is 2.10. The molecule has 0 amide bonds. The van der Waals surface area contributed by atoms with Gasteiger partial charge in [-0.15, -0.1) is 0 Å². The molecule has 4 rings (SSSR count). The van der Waals surface area contributed by atoms with Gasteiger partial charge in [0.25, 0.3) is 0 Å². The maximum atomic E-state index is 13.1. The zero-order valence-corrected chi connectivity index (χ0v) is 19.9. The quantitative estimate of drug-likeness (QED) is 0.210. The van der Waals surface area contributed by atoms with Crippen molar-refractivity contribution in [2.24, 2.45) is 5.10 Å². The lowest BCUT2D eigenvalue weighted by molar-refractivity contribution is 0.302. The third-order valence-corrected chi connectivity index (χ3v) is 5.76. The Hall–Kier alpha value is -2.62. The van der Waals surface area contributed by atoms with Gasteiger partial charge in [-0.05, 0) is 79.5 Å². The number of ether oxygens (including phenoxy) is 1. The average Bonchev–Trinajstić information content (AvgIpc) is 3.14. The number of halogens is 3. The lowest BCUT2D eigenvalue weighted by Gasteiger charge is -2.11. The maximum Gasteiger partial charge on any atom is 0.216 e. The number of H-pyrrole nitrogens is 1. The topological polar surface area (TPSA) is 55.2 Å². The summed E-state index contributed by atoms with van der Waals surface area (Å²) in [6, 6.07) is 19.7. The first kappa shape index (κ1) is 21.6. The van der Waals surface area contributed by atoms with E-state index in [4.69, 9.17) is 17.0 Å². The first-order valence-corrected chi connectivity index (χ1v) is 11.1. The summed E-state index contributed by atoms with van der Waals surface area (Å²) in [5.41, 5.74) is 2.60. The van der Waals surface area contributed by atoms with Crippen LogP contribution in [0.4, 0.5) is 4.39 Å². The lowest BCUT2D eigenvalue weighted by atomic mass is 10.2. The number of nitrogens with one attached hydrogen (secondary N) is 1. The van der Waals surface area contributed by atoms with Gasteiger partial charge in [0.05, 0.1) is 15.2 Å². The van der Waals surface area contributed by atoms with Gasteiger partial charge >= 0.3 is 0 Å². The predicted molar refractivity (Wildman–Crippen MR) is 128 cm³/mol. The van der Waals surface area contributed by atoms with Gasteiger partial charge in [0.1, 0.15) is 18.2 Å². The number of nitrogens with zero attached hydrogens (tertiary/aromatic N) is 3. The molecule has 3 aromatic carbocycles. The second kappa shape index (κ2) is 9.67. The summed E-state index contributed by atoms with van der Waals surface area (Å²) in [4.78, 5) is 0. The van der Waals surface area contributed by atoms with Gasteiger partial charge in [0, 0.05) is 5.56 Å². The summed E-state index contributed by atoms with van der Waals surface area (Å²) in [6.45, 7) is 0.315. The Kier molecular flexibility index (Phi) is 6.74. The van der Waals surface area contributed by atoms with Crippen molar-refractivity contribution in [3.63, 3.8) is 0 Å². The zero-order chi connectivity index (χ0) is 21.8. The summed E-state index contributed by atoms with van der Waals surface area (Å²) in [5, 5.41) is 11.6. The van der Waals surface area contributed by atoms with Gasteiger partial charge in [-0.1, -0.05) is 42.5 Å². The average molecular weight is 562 g/mol. The molecule has 4 aromatic rings. The Morgan fingerprint density at radius 3 is 2.42 bits per heavy atom. The fourth-order valence-electron chi connectivity index (χ4n) is 2.83. The van der Waals surface area contributed by atoms with E-state index in [9.17, 15) is 4.39 Å². The van der Waals surface area contributed by atoms with E-state index in [2.05, 4.69) is 47.2 Å². The number of hydrogen-bond donors (Lipinski definition) is 1. The number of rotatable bonds is 6. The van der Waals surface area contributed by atoms with Crippen molar-refractivity contribution < 1.29 is 9.13 Å². The molecule has 0 radical (unpaired) electrons. The van der Waals surface area contributed by atoms with Gasteiger partial charge in [-0.25, -0.2) is 9.49 Å². The van der Waals surface area contributed by atoms with Crippen molar-refractivity contribution in [3.05, 3.63) is 97.4 Å². The van der Waals surface area contributed by atoms with Crippen LogP contribution in [0.2, 0.25) is 0 Å². The molecule has 0 atom stereocenters.